The van der Waals surface area contributed by atoms with Crippen LogP contribution in [0.1, 0.15) is 0 Å². The zero-order chi connectivity index (χ0) is 12.0. The van der Waals surface area contributed by atoms with Gasteiger partial charge in [0.25, 0.3) is 0 Å². The molecule has 0 radical (unpaired) electrons. The summed E-state index contributed by atoms with van der Waals surface area (Å²) in [5, 5.41) is 0. The molecule has 0 aliphatic carbocycles. The Morgan fingerprint density at radius 1 is 1.07 bits per heavy atom. The van der Waals surface area contributed by atoms with Gasteiger partial charge < -0.3 is 22.4 Å². The Bertz CT molecular complexity index is 162. The van der Waals surface area contributed by atoms with E-state index >= 15 is 0 Å². The molecular formula is C4H6BF6LiO3. The molecule has 0 aromatic heterocycles. The summed E-state index contributed by atoms with van der Waals surface area (Å²) in [6.07, 6.45) is -6.66. The van der Waals surface area contributed by atoms with E-state index in [4.69, 9.17) is 0 Å². The van der Waals surface area contributed by atoms with Crippen LogP contribution in [0, 0.1) is 0 Å². The first-order valence-corrected chi connectivity index (χ1v) is 2.94. The Morgan fingerprint density at radius 3 is 1.27 bits per heavy atom. The minimum atomic E-state index is -6.65. The van der Waals surface area contributed by atoms with Crippen LogP contribution in [0.3, 0.4) is 0 Å². The van der Waals surface area contributed by atoms with Crippen LogP contribution >= 0.6 is 0 Å². The number of carbonyl (C=O) groups is 1. The normalized spacial score (nSPS) is 10.4. The van der Waals surface area contributed by atoms with Gasteiger partial charge in [-0.15, -0.1) is 0 Å². The van der Waals surface area contributed by atoms with Crippen LogP contribution in [0.15, 0.2) is 0 Å². The Labute approximate surface area is 93.3 Å². The fraction of sp³-hybridized carbons (Fsp3) is 0.750. The second kappa shape index (κ2) is 7.76. The molecule has 0 unspecified atom stereocenters. The average molecular weight is 234 g/mol. The topological polar surface area (TPSA) is 35.5 Å². The van der Waals surface area contributed by atoms with Gasteiger partial charge in [-0.25, -0.2) is 18.0 Å². The van der Waals surface area contributed by atoms with Gasteiger partial charge in [-0.3, -0.25) is 0 Å². The standard InChI is InChI=1S/C3H6O3.CBF6.Li/c1-5-3(4)6-2;3-1(4,5)2(6,7)8;/h1-2H3;;/q;-1;+1. The van der Waals surface area contributed by atoms with Crippen LogP contribution in [0.25, 0.3) is 0 Å². The number of halogens is 6. The molecule has 3 nitrogen and oxygen atoms in total. The summed E-state index contributed by atoms with van der Waals surface area (Å²) in [7, 11) is 2.51. The van der Waals surface area contributed by atoms with E-state index in [2.05, 4.69) is 9.47 Å². The molecule has 11 heteroatoms. The van der Waals surface area contributed by atoms with E-state index in [1.165, 1.54) is 14.2 Å². The molecule has 0 aliphatic rings. The van der Waals surface area contributed by atoms with Crippen molar-refractivity contribution >= 4 is 13.1 Å². The van der Waals surface area contributed by atoms with Crippen LogP contribution in [-0.2, 0) is 9.47 Å². The Kier molecular flexibility index (Phi) is 10.3. The number of carbonyl (C=O) groups excluding carboxylic acids is 1. The number of rotatable bonds is 0. The molecule has 0 amide bonds. The Hall–Kier alpha value is -0.488. The van der Waals surface area contributed by atoms with Gasteiger partial charge in [-0.1, -0.05) is 0 Å². The van der Waals surface area contributed by atoms with Crippen molar-refractivity contribution in [3.63, 3.8) is 0 Å². The number of ether oxygens (including phenoxy) is 2. The molecule has 0 aromatic carbocycles. The molecule has 0 spiro atoms. The third-order valence-corrected chi connectivity index (χ3v) is 0.704. The van der Waals surface area contributed by atoms with Gasteiger partial charge in [-0.05, 0) is 0 Å². The molecule has 15 heavy (non-hydrogen) atoms. The molecule has 0 rings (SSSR count). The molecule has 0 aromatic rings. The Morgan fingerprint density at radius 2 is 1.27 bits per heavy atom. The van der Waals surface area contributed by atoms with E-state index in [0.29, 0.717) is 0 Å². The van der Waals surface area contributed by atoms with Gasteiger partial charge in [0, 0.05) is 0 Å². The molecule has 0 bridgehead atoms. The zero-order valence-electron chi connectivity index (χ0n) is 8.07. The number of hydrogen-bond acceptors (Lipinski definition) is 3. The molecule has 0 saturated carbocycles. The molecule has 0 N–H and O–H groups in total. The van der Waals surface area contributed by atoms with E-state index in [-0.39, 0.29) is 18.9 Å². The van der Waals surface area contributed by atoms with E-state index in [9.17, 15) is 30.9 Å². The van der Waals surface area contributed by atoms with Gasteiger partial charge in [0.05, 0.1) is 14.2 Å². The molecule has 86 valence electrons. The van der Waals surface area contributed by atoms with Crippen molar-refractivity contribution in [3.05, 3.63) is 0 Å². The summed E-state index contributed by atoms with van der Waals surface area (Å²) in [5.41, 5.74) is 0. The molecule has 0 aliphatic heterocycles. The number of hydrogen-bond donors (Lipinski definition) is 0. The zero-order valence-corrected chi connectivity index (χ0v) is 8.07. The summed E-state index contributed by atoms with van der Waals surface area (Å²) >= 11 is 0. The van der Waals surface area contributed by atoms with Gasteiger partial charge in [-0.2, -0.15) is 0 Å². The van der Waals surface area contributed by atoms with Gasteiger partial charge in [0.1, 0.15) is 0 Å². The van der Waals surface area contributed by atoms with Crippen molar-refractivity contribution in [3.8, 4) is 0 Å². The molecule has 0 heterocycles. The third kappa shape index (κ3) is 11.4. The van der Waals surface area contributed by atoms with Crippen molar-refractivity contribution in [2.45, 2.75) is 6.08 Å². The van der Waals surface area contributed by atoms with Crippen LogP contribution in [0.5, 0.6) is 0 Å². The predicted molar refractivity (Wildman–Crippen MR) is 34.5 cm³/mol. The maximum Gasteiger partial charge on any atom is 1.00 e. The van der Waals surface area contributed by atoms with E-state index in [1.54, 1.807) is 0 Å². The summed E-state index contributed by atoms with van der Waals surface area (Å²) < 4.78 is 71.0. The summed E-state index contributed by atoms with van der Waals surface area (Å²) in [6, 6.07) is 0. The monoisotopic (exact) mass is 234 g/mol. The van der Waals surface area contributed by atoms with Crippen LogP contribution in [-0.4, -0.2) is 33.4 Å². The number of methoxy groups -OCH3 is 2. The van der Waals surface area contributed by atoms with E-state index < -0.39 is 19.2 Å². The van der Waals surface area contributed by atoms with Crippen LogP contribution in [0.2, 0.25) is 0 Å². The van der Waals surface area contributed by atoms with Crippen molar-refractivity contribution < 1.29 is 59.2 Å². The van der Waals surface area contributed by atoms with Crippen molar-refractivity contribution in [1.82, 2.24) is 0 Å². The second-order valence-electron chi connectivity index (χ2n) is 1.77. The molecule has 0 saturated heterocycles. The van der Waals surface area contributed by atoms with Crippen molar-refractivity contribution in [1.29, 1.82) is 0 Å². The fourth-order valence-corrected chi connectivity index (χ4v) is 0.0833. The first-order valence-electron chi connectivity index (χ1n) is 2.94. The summed E-state index contributed by atoms with van der Waals surface area (Å²) in [5.74, 6) is 0. The minimum Gasteiger partial charge on any atom is -0.443 e. The molecular weight excluding hydrogens is 228 g/mol. The van der Waals surface area contributed by atoms with Crippen molar-refractivity contribution in [2.75, 3.05) is 14.2 Å². The molecule has 0 atom stereocenters. The van der Waals surface area contributed by atoms with Crippen LogP contribution < -0.4 is 18.9 Å². The number of alkyl halides is 3. The van der Waals surface area contributed by atoms with E-state index in [0.717, 1.165) is 0 Å². The fourth-order valence-electron chi connectivity index (χ4n) is 0.0833. The van der Waals surface area contributed by atoms with Gasteiger partial charge in [0.2, 0.25) is 0 Å². The largest absolute Gasteiger partial charge is 1.00 e. The molecule has 0 fully saturated rings. The second-order valence-corrected chi connectivity index (χ2v) is 1.77. The minimum absolute atomic E-state index is 0. The van der Waals surface area contributed by atoms with Gasteiger partial charge >= 0.3 is 38.1 Å². The Balaban J connectivity index is -0.000000187. The van der Waals surface area contributed by atoms with E-state index in [1.807, 2.05) is 0 Å². The van der Waals surface area contributed by atoms with Gasteiger partial charge in [0.15, 0.2) is 0 Å². The maximum atomic E-state index is 10.5. The van der Waals surface area contributed by atoms with Crippen LogP contribution in [0.4, 0.5) is 30.9 Å². The first-order chi connectivity index (χ1) is 6.06. The quantitative estimate of drug-likeness (QED) is 0.317. The third-order valence-electron chi connectivity index (χ3n) is 0.704. The first kappa shape index (κ1) is 20.0. The SMILES string of the molecule is COC(=O)OC.F[B-](F)(F)C(F)(F)F.[Li+]. The maximum absolute atomic E-state index is 10.5. The van der Waals surface area contributed by atoms with Crippen molar-refractivity contribution in [2.24, 2.45) is 0 Å². The summed E-state index contributed by atoms with van der Waals surface area (Å²) in [6.45, 7) is -6.65. The smallest absolute Gasteiger partial charge is 0.443 e. The summed E-state index contributed by atoms with van der Waals surface area (Å²) in [4.78, 5) is 9.74. The predicted octanol–water partition coefficient (Wildman–Crippen LogP) is -0.662. The average Bonchev–Trinajstić information content (AvgIpc) is 2.00.